The number of urea groups is 1. The molecule has 12 nitrogen and oxygen atoms in total. The average molecular weight is 697 g/mol. The van der Waals surface area contributed by atoms with E-state index in [4.69, 9.17) is 11.6 Å². The van der Waals surface area contributed by atoms with Gasteiger partial charge in [0.1, 0.15) is 6.04 Å². The maximum absolute atomic E-state index is 13.8. The van der Waals surface area contributed by atoms with E-state index in [9.17, 15) is 41.4 Å². The Hall–Kier alpha value is -4.25. The van der Waals surface area contributed by atoms with Gasteiger partial charge in [-0.15, -0.1) is 0 Å². The molecule has 4 aliphatic rings. The highest BCUT2D eigenvalue weighted by Gasteiger charge is 2.60. The number of anilines is 1. The standard InChI is InChI=1S/C30H30ClF5N8O4/c1-42-20(17-12-44(22-8-29(22,32)33)41-24(17)30(34,35)36)9-37-25(42)26(46)38-13-5-6-14(18(31)7-13)27(47)43-10-15-16(11-43)23(15)40-28(48)39-19-3-2-4-21(19)45/h5-7,9,12,15-16,19,21-23,45H,2-4,8,10-11H2,1H3,(H,38,46)(H2,39,40,48)/t15?,16?,19-,21-,22?,23?/m0/s1. The minimum Gasteiger partial charge on any atom is -0.391 e. The van der Waals surface area contributed by atoms with Crippen LogP contribution in [0.2, 0.25) is 5.02 Å². The number of aliphatic hydroxyl groups is 1. The molecule has 2 aromatic heterocycles. The lowest BCUT2D eigenvalue weighted by atomic mass is 10.1. The van der Waals surface area contributed by atoms with Crippen molar-refractivity contribution in [2.75, 3.05) is 18.4 Å². The number of carbonyl (C=O) groups excluding carboxylic acids is 3. The van der Waals surface area contributed by atoms with Gasteiger partial charge >= 0.3 is 12.2 Å². The summed E-state index contributed by atoms with van der Waals surface area (Å²) in [4.78, 5) is 44.3. The van der Waals surface area contributed by atoms with E-state index >= 15 is 0 Å². The van der Waals surface area contributed by atoms with Crippen LogP contribution in [-0.2, 0) is 13.2 Å². The minimum absolute atomic E-state index is 0.0576. The Morgan fingerprint density at radius 1 is 1.10 bits per heavy atom. The van der Waals surface area contributed by atoms with Gasteiger partial charge in [0.2, 0.25) is 0 Å². The molecule has 18 heteroatoms. The third-order valence-corrected chi connectivity index (χ3v) is 9.92. The summed E-state index contributed by atoms with van der Waals surface area (Å²) in [5.74, 6) is -4.33. The Bertz CT molecular complexity index is 1800. The molecule has 256 valence electrons. The zero-order valence-corrected chi connectivity index (χ0v) is 26.0. The number of nitrogens with zero attached hydrogens (tertiary/aromatic N) is 5. The van der Waals surface area contributed by atoms with Crippen molar-refractivity contribution in [3.63, 3.8) is 0 Å². The summed E-state index contributed by atoms with van der Waals surface area (Å²) >= 11 is 6.42. The Labute approximate surface area is 274 Å². The summed E-state index contributed by atoms with van der Waals surface area (Å²) < 4.78 is 70.1. The van der Waals surface area contributed by atoms with Crippen LogP contribution in [0.1, 0.15) is 58.4 Å². The molecule has 0 spiro atoms. The van der Waals surface area contributed by atoms with Gasteiger partial charge in [-0.3, -0.25) is 14.3 Å². The second kappa shape index (κ2) is 11.4. The number of likely N-dealkylation sites (tertiary alicyclic amines) is 1. The molecule has 3 saturated carbocycles. The summed E-state index contributed by atoms with van der Waals surface area (Å²) in [6.45, 7) is 0.851. The number of carbonyl (C=O) groups is 3. The number of hydrogen-bond donors (Lipinski definition) is 4. The molecule has 3 unspecified atom stereocenters. The molecule has 1 aromatic carbocycles. The number of aromatic nitrogens is 4. The highest BCUT2D eigenvalue weighted by molar-refractivity contribution is 6.34. The molecule has 4 N–H and O–H groups in total. The fourth-order valence-electron chi connectivity index (χ4n) is 6.80. The highest BCUT2D eigenvalue weighted by atomic mass is 35.5. The number of imidazole rings is 1. The van der Waals surface area contributed by atoms with Crippen LogP contribution >= 0.6 is 11.6 Å². The van der Waals surface area contributed by atoms with Crippen molar-refractivity contribution < 1.29 is 41.4 Å². The van der Waals surface area contributed by atoms with Crippen LogP contribution in [0.4, 0.5) is 32.4 Å². The Morgan fingerprint density at radius 2 is 1.81 bits per heavy atom. The SMILES string of the molecule is Cn1c(-c2cn(C3CC3(F)F)nc2C(F)(F)F)cnc1C(=O)Nc1ccc(C(=O)N2CC3C(C2)C3NC(=O)N[C@H]2CCC[C@@H]2O)c(Cl)c1. The van der Waals surface area contributed by atoms with Crippen LogP contribution in [0.25, 0.3) is 11.3 Å². The molecule has 1 aliphatic heterocycles. The molecular weight excluding hydrogens is 667 g/mol. The van der Waals surface area contributed by atoms with Crippen molar-refractivity contribution in [2.24, 2.45) is 18.9 Å². The van der Waals surface area contributed by atoms with Crippen LogP contribution in [0.15, 0.2) is 30.6 Å². The Balaban J connectivity index is 0.974. The molecule has 0 bridgehead atoms. The first-order valence-electron chi connectivity index (χ1n) is 15.3. The number of alkyl halides is 5. The third kappa shape index (κ3) is 5.86. The van der Waals surface area contributed by atoms with Crippen molar-refractivity contribution in [3.8, 4) is 11.3 Å². The normalized spacial score (nSPS) is 27.0. The molecule has 4 amide bonds. The number of nitrogens with one attached hydrogen (secondary N) is 3. The smallest absolute Gasteiger partial charge is 0.391 e. The number of fused-ring (bicyclic) bond motifs is 1. The molecule has 3 aromatic rings. The molecular formula is C30H30ClF5N8O4. The lowest BCUT2D eigenvalue weighted by Gasteiger charge is -2.22. The van der Waals surface area contributed by atoms with Crippen LogP contribution in [0, 0.1) is 11.8 Å². The van der Waals surface area contributed by atoms with Gasteiger partial charge in [-0.2, -0.15) is 18.3 Å². The molecule has 7 rings (SSSR count). The van der Waals surface area contributed by atoms with Gasteiger partial charge < -0.3 is 30.5 Å². The Morgan fingerprint density at radius 3 is 2.42 bits per heavy atom. The maximum atomic E-state index is 13.8. The summed E-state index contributed by atoms with van der Waals surface area (Å²) in [5, 5.41) is 21.7. The largest absolute Gasteiger partial charge is 0.435 e. The van der Waals surface area contributed by atoms with Crippen molar-refractivity contribution in [3.05, 3.63) is 52.7 Å². The number of hydrogen-bond acceptors (Lipinski definition) is 6. The van der Waals surface area contributed by atoms with Gasteiger partial charge in [0, 0.05) is 56.3 Å². The quantitative estimate of drug-likeness (QED) is 0.274. The second-order valence-corrected chi connectivity index (χ2v) is 13.2. The molecule has 3 heterocycles. The number of benzene rings is 1. The van der Waals surface area contributed by atoms with Crippen LogP contribution in [-0.4, -0.2) is 84.4 Å². The fourth-order valence-corrected chi connectivity index (χ4v) is 7.07. The first-order chi connectivity index (χ1) is 22.6. The molecule has 1 saturated heterocycles. The number of aliphatic hydroxyl groups excluding tert-OH is 1. The lowest BCUT2D eigenvalue weighted by Crippen LogP contribution is -2.47. The van der Waals surface area contributed by atoms with E-state index in [0.717, 1.165) is 29.8 Å². The van der Waals surface area contributed by atoms with Crippen molar-refractivity contribution in [1.29, 1.82) is 0 Å². The van der Waals surface area contributed by atoms with Crippen molar-refractivity contribution in [1.82, 2.24) is 34.9 Å². The summed E-state index contributed by atoms with van der Waals surface area (Å²) in [7, 11) is 1.31. The first-order valence-corrected chi connectivity index (χ1v) is 15.7. The molecule has 0 radical (unpaired) electrons. The van der Waals surface area contributed by atoms with Crippen molar-refractivity contribution in [2.45, 2.75) is 62.0 Å². The van der Waals surface area contributed by atoms with Crippen LogP contribution < -0.4 is 16.0 Å². The molecule has 4 fully saturated rings. The summed E-state index contributed by atoms with van der Waals surface area (Å²) in [5.41, 5.74) is -1.64. The number of halogens is 6. The van der Waals surface area contributed by atoms with Crippen molar-refractivity contribution >= 4 is 35.1 Å². The molecule has 3 aliphatic carbocycles. The lowest BCUT2D eigenvalue weighted by molar-refractivity contribution is -0.141. The van der Waals surface area contributed by atoms with E-state index in [-0.39, 0.29) is 63.6 Å². The topological polar surface area (TPSA) is 146 Å². The van der Waals surface area contributed by atoms with E-state index in [1.807, 2.05) is 0 Å². The van der Waals surface area contributed by atoms with Crippen LogP contribution in [0.5, 0.6) is 0 Å². The average Bonchev–Trinajstić information content (AvgIpc) is 3.46. The second-order valence-electron chi connectivity index (χ2n) is 12.8. The monoisotopic (exact) mass is 696 g/mol. The van der Waals surface area contributed by atoms with E-state index in [1.54, 1.807) is 4.90 Å². The molecule has 48 heavy (non-hydrogen) atoms. The fraction of sp³-hybridized carbons (Fsp3) is 0.500. The maximum Gasteiger partial charge on any atom is 0.435 e. The highest BCUT2D eigenvalue weighted by Crippen LogP contribution is 2.53. The minimum atomic E-state index is -4.95. The third-order valence-electron chi connectivity index (χ3n) is 9.61. The molecule has 5 atom stereocenters. The van der Waals surface area contributed by atoms with Crippen LogP contribution in [0.3, 0.4) is 0 Å². The Kier molecular flexibility index (Phi) is 7.69. The van der Waals surface area contributed by atoms with E-state index in [1.165, 1.54) is 25.2 Å². The van der Waals surface area contributed by atoms with E-state index in [0.29, 0.717) is 24.2 Å². The summed E-state index contributed by atoms with van der Waals surface area (Å²) in [6, 6.07) is 2.13. The number of rotatable bonds is 7. The van der Waals surface area contributed by atoms with Gasteiger partial charge in [-0.05, 0) is 37.5 Å². The van der Waals surface area contributed by atoms with E-state index in [2.05, 4.69) is 26.0 Å². The van der Waals surface area contributed by atoms with Gasteiger partial charge in [0.15, 0.2) is 11.5 Å². The zero-order chi connectivity index (χ0) is 34.3. The van der Waals surface area contributed by atoms with Gasteiger partial charge in [0.25, 0.3) is 17.7 Å². The first kappa shape index (κ1) is 32.3. The summed E-state index contributed by atoms with van der Waals surface area (Å²) in [6.07, 6.45) is -1.96. The van der Waals surface area contributed by atoms with Gasteiger partial charge in [0.05, 0.1) is 40.2 Å². The van der Waals surface area contributed by atoms with E-state index < -0.39 is 47.8 Å². The predicted molar refractivity (Wildman–Crippen MR) is 159 cm³/mol. The number of amides is 4. The van der Waals surface area contributed by atoms with Gasteiger partial charge in [-0.25, -0.2) is 18.6 Å². The number of piperidine rings is 1. The predicted octanol–water partition coefficient (Wildman–Crippen LogP) is 4.07. The zero-order valence-electron chi connectivity index (χ0n) is 25.3. The van der Waals surface area contributed by atoms with Gasteiger partial charge in [-0.1, -0.05) is 11.6 Å².